The van der Waals surface area contributed by atoms with Crippen LogP contribution in [0.1, 0.15) is 29.4 Å². The summed E-state index contributed by atoms with van der Waals surface area (Å²) in [4.78, 5) is 17.2. The molecular weight excluding hydrogens is 496 g/mol. The van der Waals surface area contributed by atoms with E-state index < -0.39 is 0 Å². The second-order valence-corrected chi connectivity index (χ2v) is 9.82. The number of benzene rings is 3. The van der Waals surface area contributed by atoms with E-state index >= 15 is 0 Å². The van der Waals surface area contributed by atoms with Gasteiger partial charge in [0.2, 0.25) is 0 Å². The lowest BCUT2D eigenvalue weighted by Crippen LogP contribution is -2.09. The number of hydrogen-bond acceptors (Lipinski definition) is 6. The third kappa shape index (κ3) is 5.58. The average molecular weight is 527 g/mol. The molecule has 0 amide bonds. The minimum Gasteiger partial charge on any atom is -0.497 e. The molecular formula is C31H30N2O4S. The molecule has 6 nitrogen and oxygen atoms in total. The van der Waals surface area contributed by atoms with Crippen LogP contribution in [-0.2, 0) is 29.1 Å². The van der Waals surface area contributed by atoms with Crippen molar-refractivity contribution in [3.05, 3.63) is 101 Å². The molecule has 0 aliphatic carbocycles. The van der Waals surface area contributed by atoms with Crippen LogP contribution in [-0.4, -0.2) is 29.2 Å². The zero-order valence-corrected chi connectivity index (χ0v) is 22.6. The standard InChI is InChI=1S/C31H30N2O4S/c1-4-36-30(34)17-27-21(2)33(18-22-9-8-12-25(15-22)35-3)29-14-13-26(16-28(27)29)37-19-24-20-38-31(32-24)23-10-6-5-7-11-23/h5-16,20H,4,17-19H2,1-3H3. The summed E-state index contributed by atoms with van der Waals surface area (Å²) in [5, 5.41) is 3.99. The normalized spacial score (nSPS) is 11.0. The lowest BCUT2D eigenvalue weighted by Gasteiger charge is -2.11. The number of hydrogen-bond donors (Lipinski definition) is 0. The molecule has 0 spiro atoms. The number of methoxy groups -OCH3 is 1. The topological polar surface area (TPSA) is 62.6 Å². The minimum atomic E-state index is -0.238. The molecule has 0 radical (unpaired) electrons. The molecule has 0 N–H and O–H groups in total. The fourth-order valence-electron chi connectivity index (χ4n) is 4.60. The second kappa shape index (κ2) is 11.5. The van der Waals surface area contributed by atoms with Gasteiger partial charge in [0, 0.05) is 34.1 Å². The number of carbonyl (C=O) groups is 1. The van der Waals surface area contributed by atoms with Gasteiger partial charge >= 0.3 is 5.97 Å². The molecule has 0 aliphatic heterocycles. The molecule has 0 bridgehead atoms. The Hall–Kier alpha value is -4.10. The summed E-state index contributed by atoms with van der Waals surface area (Å²) in [5.41, 5.74) is 6.11. The first-order valence-corrected chi connectivity index (χ1v) is 13.5. The molecule has 0 aliphatic rings. The van der Waals surface area contributed by atoms with Gasteiger partial charge in [-0.05, 0) is 55.3 Å². The van der Waals surface area contributed by atoms with Crippen molar-refractivity contribution in [2.75, 3.05) is 13.7 Å². The third-order valence-corrected chi connectivity index (χ3v) is 7.43. The summed E-state index contributed by atoms with van der Waals surface area (Å²) in [5.74, 6) is 1.31. The highest BCUT2D eigenvalue weighted by Gasteiger charge is 2.19. The number of thiazole rings is 1. The maximum atomic E-state index is 12.5. The average Bonchev–Trinajstić information content (AvgIpc) is 3.52. The van der Waals surface area contributed by atoms with Crippen molar-refractivity contribution in [1.82, 2.24) is 9.55 Å². The Kier molecular flexibility index (Phi) is 7.75. The molecule has 0 saturated heterocycles. The summed E-state index contributed by atoms with van der Waals surface area (Å²) >= 11 is 1.61. The maximum Gasteiger partial charge on any atom is 0.310 e. The maximum absolute atomic E-state index is 12.5. The van der Waals surface area contributed by atoms with E-state index in [1.54, 1.807) is 18.4 Å². The number of carbonyl (C=O) groups excluding carboxylic acids is 1. The van der Waals surface area contributed by atoms with Crippen molar-refractivity contribution in [2.45, 2.75) is 33.4 Å². The SMILES string of the molecule is CCOC(=O)Cc1c(C)n(Cc2cccc(OC)c2)c2ccc(OCc3csc(-c4ccccc4)n3)cc12. The molecule has 2 heterocycles. The molecule has 0 fully saturated rings. The first-order chi connectivity index (χ1) is 18.6. The van der Waals surface area contributed by atoms with Gasteiger partial charge in [-0.3, -0.25) is 4.79 Å². The van der Waals surface area contributed by atoms with Crippen LogP contribution in [0.5, 0.6) is 11.5 Å². The summed E-state index contributed by atoms with van der Waals surface area (Å²) in [6.45, 7) is 5.25. The molecule has 0 unspecified atom stereocenters. The summed E-state index contributed by atoms with van der Waals surface area (Å²) in [6.07, 6.45) is 0.206. The highest BCUT2D eigenvalue weighted by molar-refractivity contribution is 7.13. The van der Waals surface area contributed by atoms with Gasteiger partial charge in [0.1, 0.15) is 23.1 Å². The van der Waals surface area contributed by atoms with Crippen molar-refractivity contribution in [2.24, 2.45) is 0 Å². The largest absolute Gasteiger partial charge is 0.497 e. The van der Waals surface area contributed by atoms with Crippen LogP contribution in [0.15, 0.2) is 78.2 Å². The predicted octanol–water partition coefficient (Wildman–Crippen LogP) is 6.81. The van der Waals surface area contributed by atoms with Gasteiger partial charge in [-0.2, -0.15) is 0 Å². The molecule has 3 aromatic carbocycles. The highest BCUT2D eigenvalue weighted by atomic mass is 32.1. The summed E-state index contributed by atoms with van der Waals surface area (Å²) in [6, 6.07) is 24.2. The van der Waals surface area contributed by atoms with E-state index in [1.807, 2.05) is 60.8 Å². The third-order valence-electron chi connectivity index (χ3n) is 6.49. The number of ether oxygens (including phenoxy) is 3. The van der Waals surface area contributed by atoms with Crippen LogP contribution < -0.4 is 9.47 Å². The zero-order valence-electron chi connectivity index (χ0n) is 21.8. The number of esters is 1. The minimum absolute atomic E-state index is 0.206. The van der Waals surface area contributed by atoms with Crippen LogP contribution in [0.25, 0.3) is 21.5 Å². The van der Waals surface area contributed by atoms with Crippen LogP contribution in [0.3, 0.4) is 0 Å². The Morgan fingerprint density at radius 2 is 1.84 bits per heavy atom. The monoisotopic (exact) mass is 526 g/mol. The second-order valence-electron chi connectivity index (χ2n) is 8.96. The fourth-order valence-corrected chi connectivity index (χ4v) is 5.41. The molecule has 194 valence electrons. The van der Waals surface area contributed by atoms with E-state index in [0.29, 0.717) is 19.8 Å². The first-order valence-electron chi connectivity index (χ1n) is 12.6. The van der Waals surface area contributed by atoms with Crippen molar-refractivity contribution >= 4 is 28.2 Å². The molecule has 0 atom stereocenters. The molecule has 0 saturated carbocycles. The van der Waals surface area contributed by atoms with Gasteiger partial charge in [-0.1, -0.05) is 42.5 Å². The van der Waals surface area contributed by atoms with Crippen molar-refractivity contribution in [3.63, 3.8) is 0 Å². The molecule has 5 aromatic rings. The zero-order chi connectivity index (χ0) is 26.5. The Labute approximate surface area is 226 Å². The number of nitrogens with zero attached hydrogens (tertiary/aromatic N) is 2. The van der Waals surface area contributed by atoms with E-state index in [1.165, 1.54) is 0 Å². The Balaban J connectivity index is 1.43. The molecule has 7 heteroatoms. The van der Waals surface area contributed by atoms with Gasteiger partial charge in [0.15, 0.2) is 0 Å². The van der Waals surface area contributed by atoms with Gasteiger partial charge in [-0.15, -0.1) is 11.3 Å². The molecule has 5 rings (SSSR count). The van der Waals surface area contributed by atoms with Crippen molar-refractivity contribution in [3.8, 4) is 22.1 Å². The smallest absolute Gasteiger partial charge is 0.310 e. The van der Waals surface area contributed by atoms with E-state index in [4.69, 9.17) is 19.2 Å². The number of rotatable bonds is 10. The lowest BCUT2D eigenvalue weighted by atomic mass is 10.1. The molecule has 2 aromatic heterocycles. The lowest BCUT2D eigenvalue weighted by molar-refractivity contribution is -0.142. The number of fused-ring (bicyclic) bond motifs is 1. The van der Waals surface area contributed by atoms with E-state index in [9.17, 15) is 4.79 Å². The van der Waals surface area contributed by atoms with Gasteiger partial charge in [0.05, 0.1) is 25.8 Å². The van der Waals surface area contributed by atoms with Crippen molar-refractivity contribution < 1.29 is 19.0 Å². The van der Waals surface area contributed by atoms with Crippen LogP contribution in [0.4, 0.5) is 0 Å². The van der Waals surface area contributed by atoms with Crippen LogP contribution >= 0.6 is 11.3 Å². The van der Waals surface area contributed by atoms with Gasteiger partial charge < -0.3 is 18.8 Å². The quantitative estimate of drug-likeness (QED) is 0.187. The van der Waals surface area contributed by atoms with E-state index in [-0.39, 0.29) is 12.4 Å². The molecule has 38 heavy (non-hydrogen) atoms. The van der Waals surface area contributed by atoms with Crippen LogP contribution in [0, 0.1) is 6.92 Å². The van der Waals surface area contributed by atoms with E-state index in [2.05, 4.69) is 35.8 Å². The summed E-state index contributed by atoms with van der Waals surface area (Å²) < 4.78 is 19.1. The van der Waals surface area contributed by atoms with Gasteiger partial charge in [0.25, 0.3) is 0 Å². The van der Waals surface area contributed by atoms with Crippen molar-refractivity contribution in [1.29, 1.82) is 0 Å². The Morgan fingerprint density at radius 3 is 2.63 bits per heavy atom. The Morgan fingerprint density at radius 1 is 1.00 bits per heavy atom. The van der Waals surface area contributed by atoms with Crippen LogP contribution in [0.2, 0.25) is 0 Å². The number of aromatic nitrogens is 2. The highest BCUT2D eigenvalue weighted by Crippen LogP contribution is 2.32. The summed E-state index contributed by atoms with van der Waals surface area (Å²) in [7, 11) is 1.67. The Bertz CT molecular complexity index is 1560. The van der Waals surface area contributed by atoms with E-state index in [0.717, 1.165) is 55.5 Å². The predicted molar refractivity (Wildman–Crippen MR) is 151 cm³/mol. The fraction of sp³-hybridized carbons (Fsp3) is 0.226. The van der Waals surface area contributed by atoms with Gasteiger partial charge in [-0.25, -0.2) is 4.98 Å². The first kappa shape index (κ1) is 25.5.